The van der Waals surface area contributed by atoms with Crippen molar-refractivity contribution in [3.63, 3.8) is 0 Å². The fourth-order valence-corrected chi connectivity index (χ4v) is 4.46. The molecule has 80 valence electrons. The van der Waals surface area contributed by atoms with E-state index in [2.05, 4.69) is 30.8 Å². The Balaban J connectivity index is 1.87. The average Bonchev–Trinajstić information content (AvgIpc) is 2.26. The Hall–Kier alpha value is -0.120. The van der Waals surface area contributed by atoms with Crippen molar-refractivity contribution in [1.82, 2.24) is 9.80 Å². The third-order valence-corrected chi connectivity index (χ3v) is 4.84. The standard InChI is InChI=1S/C11H21N3/c1-4-14-6-7-5-11(12)8(7)9(14)10(11)13(2)3/h7-10H,4-6,12H2,1-3H3. The van der Waals surface area contributed by atoms with Gasteiger partial charge in [-0.3, -0.25) is 4.90 Å². The van der Waals surface area contributed by atoms with Crippen LogP contribution in [0.3, 0.4) is 0 Å². The van der Waals surface area contributed by atoms with Crippen molar-refractivity contribution in [2.45, 2.75) is 31.0 Å². The lowest BCUT2D eigenvalue weighted by Crippen LogP contribution is -2.84. The van der Waals surface area contributed by atoms with Gasteiger partial charge in [0.05, 0.1) is 0 Å². The van der Waals surface area contributed by atoms with Gasteiger partial charge in [0.2, 0.25) is 0 Å². The van der Waals surface area contributed by atoms with E-state index < -0.39 is 0 Å². The minimum Gasteiger partial charge on any atom is -0.323 e. The summed E-state index contributed by atoms with van der Waals surface area (Å²) in [6, 6.07) is 1.37. The number of nitrogens with zero attached hydrogens (tertiary/aromatic N) is 2. The number of hydrogen-bond donors (Lipinski definition) is 1. The Morgan fingerprint density at radius 3 is 2.79 bits per heavy atom. The van der Waals surface area contributed by atoms with Crippen LogP contribution in [0.25, 0.3) is 0 Å². The number of nitrogens with two attached hydrogens (primary N) is 1. The minimum absolute atomic E-state index is 0.169. The molecular formula is C11H21N3. The summed E-state index contributed by atoms with van der Waals surface area (Å²) in [4.78, 5) is 4.98. The second-order valence-electron chi connectivity index (χ2n) is 5.59. The van der Waals surface area contributed by atoms with Gasteiger partial charge in [-0.2, -0.15) is 0 Å². The van der Waals surface area contributed by atoms with Gasteiger partial charge in [0.25, 0.3) is 0 Å². The lowest BCUT2D eigenvalue weighted by atomic mass is 9.45. The van der Waals surface area contributed by atoms with Crippen LogP contribution in [0.1, 0.15) is 13.3 Å². The van der Waals surface area contributed by atoms with Crippen LogP contribution in [-0.2, 0) is 0 Å². The van der Waals surface area contributed by atoms with Crippen LogP contribution in [0.5, 0.6) is 0 Å². The van der Waals surface area contributed by atoms with Gasteiger partial charge < -0.3 is 10.6 Å². The highest BCUT2D eigenvalue weighted by atomic mass is 15.3. The molecule has 3 heteroatoms. The predicted octanol–water partition coefficient (Wildman–Crippen LogP) is -0.0321. The van der Waals surface area contributed by atoms with Crippen LogP contribution in [0.15, 0.2) is 0 Å². The first kappa shape index (κ1) is 9.13. The molecule has 3 fully saturated rings. The molecule has 3 rings (SSSR count). The fraction of sp³-hybridized carbons (Fsp3) is 1.00. The predicted molar refractivity (Wildman–Crippen MR) is 57.0 cm³/mol. The van der Waals surface area contributed by atoms with Gasteiger partial charge >= 0.3 is 0 Å². The normalized spacial score (nSPS) is 55.5. The fourth-order valence-electron chi connectivity index (χ4n) is 4.46. The van der Waals surface area contributed by atoms with Gasteiger partial charge in [0.1, 0.15) is 0 Å². The zero-order valence-electron chi connectivity index (χ0n) is 9.40. The molecule has 3 nitrogen and oxygen atoms in total. The molecule has 0 bridgehead atoms. The second-order valence-corrected chi connectivity index (χ2v) is 5.59. The van der Waals surface area contributed by atoms with Crippen LogP contribution in [0.4, 0.5) is 0 Å². The Labute approximate surface area is 86.2 Å². The molecule has 0 aromatic rings. The highest BCUT2D eigenvalue weighted by Gasteiger charge is 2.74. The summed E-state index contributed by atoms with van der Waals surface area (Å²) < 4.78 is 0. The summed E-state index contributed by atoms with van der Waals surface area (Å²) in [6.45, 7) is 4.77. The zero-order chi connectivity index (χ0) is 10.1. The number of rotatable bonds is 2. The molecule has 0 spiro atoms. The Kier molecular flexibility index (Phi) is 1.64. The monoisotopic (exact) mass is 195 g/mol. The van der Waals surface area contributed by atoms with Gasteiger partial charge in [-0.1, -0.05) is 6.92 Å². The lowest BCUT2D eigenvalue weighted by Gasteiger charge is -2.68. The quantitative estimate of drug-likeness (QED) is 0.671. The van der Waals surface area contributed by atoms with E-state index in [1.807, 2.05) is 0 Å². The highest BCUT2D eigenvalue weighted by molar-refractivity contribution is 5.32. The molecule has 2 aliphatic carbocycles. The van der Waals surface area contributed by atoms with Crippen LogP contribution in [0.2, 0.25) is 0 Å². The smallest absolute Gasteiger partial charge is 0.0432 e. The molecule has 14 heavy (non-hydrogen) atoms. The molecule has 1 heterocycles. The maximum Gasteiger partial charge on any atom is 0.0432 e. The number of hydrogen-bond acceptors (Lipinski definition) is 3. The van der Waals surface area contributed by atoms with Gasteiger partial charge in [-0.05, 0) is 38.9 Å². The lowest BCUT2D eigenvalue weighted by molar-refractivity contribution is -0.128. The van der Waals surface area contributed by atoms with Crippen molar-refractivity contribution in [2.75, 3.05) is 27.2 Å². The molecule has 0 aromatic carbocycles. The summed E-state index contributed by atoms with van der Waals surface area (Å²) >= 11 is 0. The van der Waals surface area contributed by atoms with Crippen molar-refractivity contribution in [2.24, 2.45) is 17.6 Å². The van der Waals surface area contributed by atoms with E-state index in [1.165, 1.54) is 19.5 Å². The molecule has 2 N–H and O–H groups in total. The van der Waals surface area contributed by atoms with E-state index in [0.717, 1.165) is 17.9 Å². The van der Waals surface area contributed by atoms with Crippen molar-refractivity contribution in [3.05, 3.63) is 0 Å². The van der Waals surface area contributed by atoms with E-state index >= 15 is 0 Å². The number of likely N-dealkylation sites (N-methyl/N-ethyl adjacent to an activating group) is 2. The Morgan fingerprint density at radius 2 is 2.21 bits per heavy atom. The second kappa shape index (κ2) is 2.52. The maximum absolute atomic E-state index is 6.47. The van der Waals surface area contributed by atoms with Crippen LogP contribution >= 0.6 is 0 Å². The average molecular weight is 195 g/mol. The molecule has 2 saturated carbocycles. The van der Waals surface area contributed by atoms with E-state index in [1.54, 1.807) is 0 Å². The topological polar surface area (TPSA) is 32.5 Å². The third-order valence-electron chi connectivity index (χ3n) is 4.84. The van der Waals surface area contributed by atoms with Crippen molar-refractivity contribution >= 4 is 0 Å². The summed E-state index contributed by atoms with van der Waals surface area (Å²) in [5.74, 6) is 1.73. The molecule has 0 aromatic heterocycles. The molecule has 1 saturated heterocycles. The van der Waals surface area contributed by atoms with E-state index in [-0.39, 0.29) is 5.54 Å². The van der Waals surface area contributed by atoms with Crippen molar-refractivity contribution in [3.8, 4) is 0 Å². The maximum atomic E-state index is 6.47. The van der Waals surface area contributed by atoms with Crippen LogP contribution in [-0.4, -0.2) is 54.6 Å². The molecule has 0 radical (unpaired) electrons. The van der Waals surface area contributed by atoms with Gasteiger partial charge in [-0.15, -0.1) is 0 Å². The molecule has 3 aliphatic rings. The SMILES string of the molecule is CCN1CC2CC3(N)C2C1C3N(C)C. The highest BCUT2D eigenvalue weighted by Crippen LogP contribution is 2.62. The largest absolute Gasteiger partial charge is 0.323 e. The first-order valence-electron chi connectivity index (χ1n) is 5.79. The van der Waals surface area contributed by atoms with E-state index in [9.17, 15) is 0 Å². The van der Waals surface area contributed by atoms with Crippen LogP contribution < -0.4 is 5.73 Å². The number of likely N-dealkylation sites (tertiary alicyclic amines) is 1. The molecule has 0 amide bonds. The summed E-state index contributed by atoms with van der Waals surface area (Å²) in [5, 5.41) is 0. The van der Waals surface area contributed by atoms with Crippen LogP contribution in [0, 0.1) is 11.8 Å². The van der Waals surface area contributed by atoms with E-state index in [0.29, 0.717) is 6.04 Å². The summed E-state index contributed by atoms with van der Waals surface area (Å²) in [6.07, 6.45) is 1.26. The Bertz CT molecular complexity index is 265. The summed E-state index contributed by atoms with van der Waals surface area (Å²) in [7, 11) is 4.35. The van der Waals surface area contributed by atoms with Gasteiger partial charge in [-0.25, -0.2) is 0 Å². The van der Waals surface area contributed by atoms with Gasteiger partial charge in [0.15, 0.2) is 0 Å². The molecule has 5 atom stereocenters. The third kappa shape index (κ3) is 0.765. The van der Waals surface area contributed by atoms with Crippen molar-refractivity contribution < 1.29 is 0 Å². The van der Waals surface area contributed by atoms with Gasteiger partial charge in [0, 0.05) is 24.2 Å². The minimum atomic E-state index is 0.169. The summed E-state index contributed by atoms with van der Waals surface area (Å²) in [5.41, 5.74) is 6.64. The Morgan fingerprint density at radius 1 is 1.50 bits per heavy atom. The molecular weight excluding hydrogens is 174 g/mol. The first-order chi connectivity index (χ1) is 6.59. The van der Waals surface area contributed by atoms with Crippen molar-refractivity contribution in [1.29, 1.82) is 0 Å². The van der Waals surface area contributed by atoms with E-state index in [4.69, 9.17) is 5.73 Å². The molecule has 1 aliphatic heterocycles. The zero-order valence-corrected chi connectivity index (χ0v) is 9.40. The molecule has 5 unspecified atom stereocenters. The first-order valence-corrected chi connectivity index (χ1v) is 5.79.